The minimum absolute atomic E-state index is 0.219. The van der Waals surface area contributed by atoms with Crippen LogP contribution in [0.1, 0.15) is 94.4 Å². The van der Waals surface area contributed by atoms with E-state index in [4.69, 9.17) is 10.4 Å². The normalized spacial score (nSPS) is 10.8. The van der Waals surface area contributed by atoms with Gasteiger partial charge in [0.25, 0.3) is 0 Å². The predicted molar refractivity (Wildman–Crippen MR) is 220 cm³/mol. The molecular formula is C44H67F4N3O. The van der Waals surface area contributed by atoms with Crippen LogP contribution in [0.2, 0.25) is 0 Å². The number of aliphatic hydroxyl groups excluding tert-OH is 1. The van der Waals surface area contributed by atoms with Gasteiger partial charge in [-0.05, 0) is 109 Å². The standard InChI is InChI=1S/C16H20FN.C16H24N2.C4H8.C3H5F3O.C3H4.C2H6/c1-12(2)6-11-16(13(3)4)18(5)15-9-7-14(17)8-10-15;1-4-6-7-8-9-10-11-16(12-13-17)15-18(3)14-5-2;1-3-4-2;1-2(7)3(4,5)6;1-3-2;1-2/h6-11H,1H2,2-5H3;4-6,9-10,15H,2,7-8,11-12,14H2,1,3H3;3H,1,4H2,2H3;2,7H,1H3;1H,2H3;1-2H3/b11-6-;6-4+,10-9+,16-15+;;;;. The van der Waals surface area contributed by atoms with Crippen LogP contribution in [0.15, 0.2) is 121 Å². The van der Waals surface area contributed by atoms with Gasteiger partial charge in [-0.1, -0.05) is 81.0 Å². The predicted octanol–water partition coefficient (Wildman–Crippen LogP) is 13.1. The summed E-state index contributed by atoms with van der Waals surface area (Å²) >= 11 is 0. The molecule has 0 amide bonds. The number of alkyl halides is 3. The van der Waals surface area contributed by atoms with Gasteiger partial charge >= 0.3 is 6.18 Å². The summed E-state index contributed by atoms with van der Waals surface area (Å²) in [6, 6.07) is 8.69. The molecule has 0 heterocycles. The molecule has 1 atom stereocenters. The van der Waals surface area contributed by atoms with Gasteiger partial charge in [-0.15, -0.1) is 25.5 Å². The van der Waals surface area contributed by atoms with Gasteiger partial charge in [0.05, 0.1) is 12.5 Å². The van der Waals surface area contributed by atoms with Crippen LogP contribution in [-0.4, -0.2) is 42.9 Å². The van der Waals surface area contributed by atoms with Crippen LogP contribution in [0.25, 0.3) is 0 Å². The third-order valence-corrected chi connectivity index (χ3v) is 5.78. The van der Waals surface area contributed by atoms with Crippen LogP contribution in [0.5, 0.6) is 0 Å². The van der Waals surface area contributed by atoms with E-state index < -0.39 is 12.3 Å². The number of aliphatic hydroxyl groups is 1. The molecule has 0 aliphatic rings. The molecule has 0 saturated heterocycles. The van der Waals surface area contributed by atoms with Gasteiger partial charge in [-0.25, -0.2) is 4.39 Å². The van der Waals surface area contributed by atoms with Gasteiger partial charge in [0, 0.05) is 32.0 Å². The van der Waals surface area contributed by atoms with E-state index in [2.05, 4.69) is 83.2 Å². The Labute approximate surface area is 315 Å². The zero-order valence-electron chi connectivity index (χ0n) is 33.8. The smallest absolute Gasteiger partial charge is 0.384 e. The molecule has 0 fully saturated rings. The van der Waals surface area contributed by atoms with Crippen molar-refractivity contribution >= 4 is 5.69 Å². The summed E-state index contributed by atoms with van der Waals surface area (Å²) in [5.74, 6) is 2.03. The second-order valence-corrected chi connectivity index (χ2v) is 11.0. The third-order valence-electron chi connectivity index (χ3n) is 5.78. The second kappa shape index (κ2) is 39.3. The first kappa shape index (κ1) is 56.8. The first-order valence-corrected chi connectivity index (χ1v) is 17.3. The van der Waals surface area contributed by atoms with Crippen LogP contribution in [-0.2, 0) is 0 Å². The highest BCUT2D eigenvalue weighted by Crippen LogP contribution is 2.21. The van der Waals surface area contributed by atoms with E-state index in [1.54, 1.807) is 19.1 Å². The van der Waals surface area contributed by atoms with Crippen molar-refractivity contribution in [3.05, 3.63) is 127 Å². The van der Waals surface area contributed by atoms with E-state index in [-0.39, 0.29) is 5.82 Å². The largest absolute Gasteiger partial charge is 0.414 e. The molecule has 0 spiro atoms. The summed E-state index contributed by atoms with van der Waals surface area (Å²) in [7, 11) is 3.97. The fourth-order valence-electron chi connectivity index (χ4n) is 3.19. The van der Waals surface area contributed by atoms with Crippen LogP contribution < -0.4 is 4.90 Å². The number of rotatable bonds is 14. The summed E-state index contributed by atoms with van der Waals surface area (Å²) in [5.41, 5.74) is 5.38. The lowest BCUT2D eigenvalue weighted by Gasteiger charge is -2.22. The molecule has 1 N–H and O–H groups in total. The quantitative estimate of drug-likeness (QED) is 0.0681. The first-order chi connectivity index (χ1) is 24.4. The maximum Gasteiger partial charge on any atom is 0.414 e. The average Bonchev–Trinajstić information content (AvgIpc) is 3.08. The van der Waals surface area contributed by atoms with Gasteiger partial charge in [0.2, 0.25) is 0 Å². The molecule has 4 nitrogen and oxygen atoms in total. The summed E-state index contributed by atoms with van der Waals surface area (Å²) in [6.07, 6.45) is 20.9. The summed E-state index contributed by atoms with van der Waals surface area (Å²) in [4.78, 5) is 4.08. The van der Waals surface area contributed by atoms with E-state index in [9.17, 15) is 17.6 Å². The van der Waals surface area contributed by atoms with Gasteiger partial charge < -0.3 is 14.9 Å². The molecule has 0 aliphatic heterocycles. The summed E-state index contributed by atoms with van der Waals surface area (Å²) in [6.45, 7) is 28.3. The van der Waals surface area contributed by atoms with Crippen LogP contribution in [0.4, 0.5) is 23.2 Å². The molecule has 1 unspecified atom stereocenters. The van der Waals surface area contributed by atoms with Gasteiger partial charge in [0.15, 0.2) is 0 Å². The van der Waals surface area contributed by atoms with Gasteiger partial charge in [-0.2, -0.15) is 18.4 Å². The zero-order chi connectivity index (χ0) is 41.5. The van der Waals surface area contributed by atoms with E-state index >= 15 is 0 Å². The molecule has 52 heavy (non-hydrogen) atoms. The number of hydrogen-bond acceptors (Lipinski definition) is 4. The van der Waals surface area contributed by atoms with Crippen molar-refractivity contribution in [3.63, 3.8) is 0 Å². The number of allylic oxidation sites excluding steroid dienone is 10. The van der Waals surface area contributed by atoms with Crippen molar-refractivity contribution in [2.75, 3.05) is 25.5 Å². The Morgan fingerprint density at radius 3 is 1.85 bits per heavy atom. The van der Waals surface area contributed by atoms with E-state index in [0.29, 0.717) is 13.3 Å². The van der Waals surface area contributed by atoms with Crippen molar-refractivity contribution < 1.29 is 22.7 Å². The van der Waals surface area contributed by atoms with Gasteiger partial charge in [0.1, 0.15) is 11.9 Å². The number of terminal acetylenes is 1. The number of nitriles is 1. The molecule has 8 heteroatoms. The SMILES string of the molecule is C#CC.C=C(C)/C=C\C(=C(C)C)N(C)c1ccc(F)cc1.C=CCC.C=CCN(C)/C=C(/CC#N)C/C=C/CC/C=C/C.CC.CC(O)C(F)(F)F. The van der Waals surface area contributed by atoms with Crippen LogP contribution in [0, 0.1) is 29.5 Å². The summed E-state index contributed by atoms with van der Waals surface area (Å²) in [5, 5.41) is 16.6. The number of unbranched alkanes of at least 4 members (excludes halogenated alkanes) is 1. The Bertz CT molecular complexity index is 1280. The zero-order valence-corrected chi connectivity index (χ0v) is 33.8. The maximum absolute atomic E-state index is 12.9. The highest BCUT2D eigenvalue weighted by atomic mass is 19.4. The number of benzene rings is 1. The molecule has 0 saturated carbocycles. The molecule has 1 aromatic rings. The molecule has 0 aromatic heterocycles. The minimum atomic E-state index is -4.44. The van der Waals surface area contributed by atoms with E-state index in [1.807, 2.05) is 82.1 Å². The van der Waals surface area contributed by atoms with E-state index in [1.165, 1.54) is 17.7 Å². The highest BCUT2D eigenvalue weighted by molar-refractivity contribution is 5.55. The highest BCUT2D eigenvalue weighted by Gasteiger charge is 2.33. The first-order valence-electron chi connectivity index (χ1n) is 17.3. The van der Waals surface area contributed by atoms with Crippen molar-refractivity contribution in [3.8, 4) is 18.4 Å². The molecule has 1 aromatic carbocycles. The fraction of sp³-hybridized carbons (Fsp3) is 0.432. The molecule has 0 bridgehead atoms. The Balaban J connectivity index is -0.000000201. The number of halogens is 4. The lowest BCUT2D eigenvalue weighted by Crippen LogP contribution is -2.24. The Kier molecular flexibility index (Phi) is 42.9. The molecule has 0 radical (unpaired) electrons. The molecule has 292 valence electrons. The lowest BCUT2D eigenvalue weighted by atomic mass is 10.1. The van der Waals surface area contributed by atoms with Crippen molar-refractivity contribution in [2.45, 2.75) is 107 Å². The topological polar surface area (TPSA) is 50.5 Å². The van der Waals surface area contributed by atoms with Crippen molar-refractivity contribution in [2.24, 2.45) is 0 Å². The monoisotopic (exact) mass is 730 g/mol. The lowest BCUT2D eigenvalue weighted by molar-refractivity contribution is -0.197. The minimum Gasteiger partial charge on any atom is -0.384 e. The fourth-order valence-corrected chi connectivity index (χ4v) is 3.19. The number of nitrogens with zero attached hydrogens (tertiary/aromatic N) is 3. The number of likely N-dealkylation sites (N-methyl/N-ethyl adjacent to an activating group) is 2. The molecule has 0 aliphatic carbocycles. The Morgan fingerprint density at radius 1 is 1.00 bits per heavy atom. The second-order valence-electron chi connectivity index (χ2n) is 11.0. The summed E-state index contributed by atoms with van der Waals surface area (Å²) < 4.78 is 45.7. The Hall–Kier alpha value is -4.53. The van der Waals surface area contributed by atoms with Crippen LogP contribution >= 0.6 is 0 Å². The Morgan fingerprint density at radius 2 is 1.48 bits per heavy atom. The number of anilines is 1. The van der Waals surface area contributed by atoms with Crippen molar-refractivity contribution in [1.82, 2.24) is 4.90 Å². The van der Waals surface area contributed by atoms with Crippen LogP contribution in [0.3, 0.4) is 0 Å². The number of hydrogen-bond donors (Lipinski definition) is 1. The van der Waals surface area contributed by atoms with Gasteiger partial charge in [-0.3, -0.25) is 0 Å². The van der Waals surface area contributed by atoms with Crippen molar-refractivity contribution in [1.29, 1.82) is 5.26 Å². The maximum atomic E-state index is 12.9. The van der Waals surface area contributed by atoms with E-state index in [0.717, 1.165) is 54.8 Å². The molecular weight excluding hydrogens is 662 g/mol. The third kappa shape index (κ3) is 39.9. The molecule has 1 rings (SSSR count). The average molecular weight is 730 g/mol.